The summed E-state index contributed by atoms with van der Waals surface area (Å²) in [7, 11) is 0. The Morgan fingerprint density at radius 1 is 0.733 bits per heavy atom. The number of benzene rings is 1. The van der Waals surface area contributed by atoms with Crippen LogP contribution in [0.25, 0.3) is 21.8 Å². The van der Waals surface area contributed by atoms with Crippen LogP contribution >= 0.6 is 0 Å². The molecule has 0 spiro atoms. The van der Waals surface area contributed by atoms with Crippen LogP contribution in [0.15, 0.2) is 48.8 Å². The zero-order chi connectivity index (χ0) is 9.38. The van der Waals surface area contributed by atoms with Crippen molar-refractivity contribution in [3.63, 3.8) is 0 Å². The van der Waals surface area contributed by atoms with Gasteiger partial charge in [-0.05, 0) is 12.1 Å². The van der Waals surface area contributed by atoms with Gasteiger partial charge in [0.25, 0.3) is 0 Å². The van der Waals surface area contributed by atoms with Gasteiger partial charge in [0, 0.05) is 23.2 Å². The van der Waals surface area contributed by atoms with E-state index in [0.29, 0.717) is 0 Å². The topological polar surface area (TPSA) is 25.8 Å². The van der Waals surface area contributed by atoms with Crippen LogP contribution in [-0.4, -0.2) is 9.97 Å². The molecule has 0 aliphatic heterocycles. The third kappa shape index (κ3) is 1.76. The molecule has 1 aromatic carbocycles. The average molecular weight is 204 g/mol. The summed E-state index contributed by atoms with van der Waals surface area (Å²) >= 11 is 0. The van der Waals surface area contributed by atoms with Crippen LogP contribution < -0.4 is 29.6 Å². The second-order valence-electron chi connectivity index (χ2n) is 3.22. The number of aromatic nitrogens is 2. The molecule has 3 heteroatoms. The minimum atomic E-state index is 0. The number of fused-ring (bicyclic) bond motifs is 3. The summed E-state index contributed by atoms with van der Waals surface area (Å²) in [5.41, 5.74) is 1.95. The fourth-order valence-corrected chi connectivity index (χ4v) is 1.68. The molecule has 3 aromatic rings. The molecule has 2 nitrogen and oxygen atoms in total. The summed E-state index contributed by atoms with van der Waals surface area (Å²) < 4.78 is 0. The van der Waals surface area contributed by atoms with Crippen LogP contribution in [0, 0.1) is 0 Å². The molecule has 0 fully saturated rings. The maximum atomic E-state index is 4.35. The zero-order valence-corrected chi connectivity index (χ0v) is 10.5. The van der Waals surface area contributed by atoms with E-state index in [1.807, 2.05) is 12.1 Å². The van der Waals surface area contributed by atoms with Crippen LogP contribution in [0.1, 0.15) is 1.43 Å². The first-order valence-electron chi connectivity index (χ1n) is 4.53. The van der Waals surface area contributed by atoms with Crippen molar-refractivity contribution in [3.05, 3.63) is 48.8 Å². The minimum absolute atomic E-state index is 0. The van der Waals surface area contributed by atoms with E-state index in [1.54, 1.807) is 12.4 Å². The van der Waals surface area contributed by atoms with Crippen molar-refractivity contribution in [3.8, 4) is 0 Å². The Hall–Kier alpha value is -0.960. The molecule has 2 aromatic heterocycles. The molecule has 0 amide bonds. The predicted molar refractivity (Wildman–Crippen MR) is 58.2 cm³/mol. The summed E-state index contributed by atoms with van der Waals surface area (Å²) in [6.45, 7) is 0. The molecule has 0 bridgehead atoms. The molecule has 0 N–H and O–H groups in total. The van der Waals surface area contributed by atoms with Crippen molar-refractivity contribution in [1.82, 2.24) is 9.97 Å². The number of pyridine rings is 2. The maximum Gasteiger partial charge on any atom is 1.00 e. The number of nitrogens with zero attached hydrogens (tertiary/aromatic N) is 2. The molecule has 0 atom stereocenters. The predicted octanol–water partition coefficient (Wildman–Crippen LogP) is -0.101. The first-order chi connectivity index (χ1) is 6.95. The summed E-state index contributed by atoms with van der Waals surface area (Å²) in [5, 5.41) is 2.28. The van der Waals surface area contributed by atoms with E-state index in [1.165, 1.54) is 0 Å². The third-order valence-electron chi connectivity index (χ3n) is 2.34. The van der Waals surface area contributed by atoms with Gasteiger partial charge in [0.1, 0.15) is 0 Å². The van der Waals surface area contributed by atoms with Crippen molar-refractivity contribution >= 4 is 21.8 Å². The Bertz CT molecular complexity index is 558. The monoisotopic (exact) mass is 204 g/mol. The van der Waals surface area contributed by atoms with Gasteiger partial charge in [-0.15, -0.1) is 0 Å². The van der Waals surface area contributed by atoms with Crippen LogP contribution in [-0.2, 0) is 0 Å². The fraction of sp³-hybridized carbons (Fsp3) is 0. The Morgan fingerprint density at radius 3 is 1.67 bits per heavy atom. The SMILES string of the molecule is [H-].[Na+].c1cnc2c(c1)ccc1cccnc12. The number of rotatable bonds is 0. The molecule has 0 saturated carbocycles. The second kappa shape index (κ2) is 4.27. The first kappa shape index (κ1) is 10.6. The van der Waals surface area contributed by atoms with Crippen molar-refractivity contribution in [2.75, 3.05) is 0 Å². The van der Waals surface area contributed by atoms with Crippen molar-refractivity contribution in [2.45, 2.75) is 0 Å². The Morgan fingerprint density at radius 2 is 1.20 bits per heavy atom. The van der Waals surface area contributed by atoms with Crippen LogP contribution in [0.2, 0.25) is 0 Å². The van der Waals surface area contributed by atoms with E-state index in [9.17, 15) is 0 Å². The van der Waals surface area contributed by atoms with Gasteiger partial charge >= 0.3 is 29.6 Å². The number of hydrogen-bond acceptors (Lipinski definition) is 2. The minimum Gasteiger partial charge on any atom is -1.00 e. The van der Waals surface area contributed by atoms with Crippen molar-refractivity contribution < 1.29 is 31.0 Å². The Balaban J connectivity index is 0.000000640. The molecule has 0 radical (unpaired) electrons. The normalized spacial score (nSPS) is 10.1. The molecule has 0 saturated heterocycles. The van der Waals surface area contributed by atoms with E-state index in [2.05, 4.69) is 34.2 Å². The van der Waals surface area contributed by atoms with Gasteiger partial charge in [0.15, 0.2) is 0 Å². The van der Waals surface area contributed by atoms with E-state index in [4.69, 9.17) is 0 Å². The molecular weight excluding hydrogens is 195 g/mol. The zero-order valence-electron chi connectivity index (χ0n) is 9.51. The van der Waals surface area contributed by atoms with Crippen LogP contribution in [0.5, 0.6) is 0 Å². The summed E-state index contributed by atoms with van der Waals surface area (Å²) in [6, 6.07) is 12.1. The van der Waals surface area contributed by atoms with Gasteiger partial charge in [-0.2, -0.15) is 0 Å². The van der Waals surface area contributed by atoms with Crippen molar-refractivity contribution in [1.29, 1.82) is 0 Å². The molecule has 3 rings (SSSR count). The van der Waals surface area contributed by atoms with Gasteiger partial charge in [-0.3, -0.25) is 9.97 Å². The Kier molecular flexibility index (Phi) is 3.00. The van der Waals surface area contributed by atoms with Gasteiger partial charge in [0.2, 0.25) is 0 Å². The molecule has 0 aliphatic carbocycles. The molecule has 15 heavy (non-hydrogen) atoms. The summed E-state index contributed by atoms with van der Waals surface area (Å²) in [5.74, 6) is 0. The molecule has 68 valence electrons. The van der Waals surface area contributed by atoms with Crippen LogP contribution in [0.3, 0.4) is 0 Å². The van der Waals surface area contributed by atoms with Gasteiger partial charge in [-0.1, -0.05) is 24.3 Å². The van der Waals surface area contributed by atoms with E-state index >= 15 is 0 Å². The van der Waals surface area contributed by atoms with E-state index in [0.717, 1.165) is 21.8 Å². The van der Waals surface area contributed by atoms with Gasteiger partial charge < -0.3 is 1.43 Å². The van der Waals surface area contributed by atoms with Gasteiger partial charge in [-0.25, -0.2) is 0 Å². The van der Waals surface area contributed by atoms with E-state index < -0.39 is 0 Å². The molecule has 2 heterocycles. The molecular formula is C12H9N2Na. The summed E-state index contributed by atoms with van der Waals surface area (Å²) in [4.78, 5) is 8.69. The van der Waals surface area contributed by atoms with Crippen molar-refractivity contribution in [2.24, 2.45) is 0 Å². The fourth-order valence-electron chi connectivity index (χ4n) is 1.68. The quantitative estimate of drug-likeness (QED) is 0.377. The summed E-state index contributed by atoms with van der Waals surface area (Å²) in [6.07, 6.45) is 3.60. The third-order valence-corrected chi connectivity index (χ3v) is 2.34. The van der Waals surface area contributed by atoms with E-state index in [-0.39, 0.29) is 31.0 Å². The first-order valence-corrected chi connectivity index (χ1v) is 4.53. The molecule has 0 aliphatic rings. The molecule has 0 unspecified atom stereocenters. The average Bonchev–Trinajstić information content (AvgIpc) is 2.29. The van der Waals surface area contributed by atoms with Gasteiger partial charge in [0.05, 0.1) is 11.0 Å². The smallest absolute Gasteiger partial charge is 1.00 e. The standard InChI is InChI=1S/C12H8N2.Na.H/c1-3-9-5-6-10-4-2-8-14-12(10)11(9)13-7-1;;/h1-8H;;/q;+1;-1. The Labute approximate surface area is 111 Å². The largest absolute Gasteiger partial charge is 1.00 e. The van der Waals surface area contributed by atoms with Crippen LogP contribution in [0.4, 0.5) is 0 Å². The maximum absolute atomic E-state index is 4.35. The number of hydrogen-bond donors (Lipinski definition) is 0. The second-order valence-corrected chi connectivity index (χ2v) is 3.22.